The lowest BCUT2D eigenvalue weighted by molar-refractivity contribution is 0.112. The van der Waals surface area contributed by atoms with E-state index in [4.69, 9.17) is 5.11 Å². The Morgan fingerprint density at radius 3 is 2.75 bits per heavy atom. The van der Waals surface area contributed by atoms with Crippen molar-refractivity contribution in [2.24, 2.45) is 0 Å². The number of unbranched alkanes of at least 4 members (excludes halogenated alkanes) is 2. The predicted molar refractivity (Wildman–Crippen MR) is 63.8 cm³/mol. The van der Waals surface area contributed by atoms with Crippen molar-refractivity contribution in [3.05, 3.63) is 23.9 Å². The first-order chi connectivity index (χ1) is 7.77. The molecule has 0 spiro atoms. The van der Waals surface area contributed by atoms with Crippen molar-refractivity contribution in [1.82, 2.24) is 4.98 Å². The molecule has 4 heteroatoms. The molecule has 0 aromatic carbocycles. The van der Waals surface area contributed by atoms with Gasteiger partial charge in [0.15, 0.2) is 6.29 Å². The molecule has 0 fully saturated rings. The Morgan fingerprint density at radius 1 is 1.38 bits per heavy atom. The number of aliphatic hydroxyl groups is 1. The van der Waals surface area contributed by atoms with Crippen molar-refractivity contribution in [3.8, 4) is 0 Å². The van der Waals surface area contributed by atoms with E-state index in [9.17, 15) is 4.79 Å². The van der Waals surface area contributed by atoms with E-state index in [0.717, 1.165) is 37.9 Å². The maximum Gasteiger partial charge on any atom is 0.151 e. The highest BCUT2D eigenvalue weighted by Crippen LogP contribution is 2.09. The Bertz CT molecular complexity index is 311. The van der Waals surface area contributed by atoms with Crippen LogP contribution < -0.4 is 4.90 Å². The monoisotopic (exact) mass is 222 g/mol. The molecule has 88 valence electrons. The van der Waals surface area contributed by atoms with Gasteiger partial charge in [-0.25, -0.2) is 4.98 Å². The summed E-state index contributed by atoms with van der Waals surface area (Å²) in [7, 11) is 1.97. The second-order valence-corrected chi connectivity index (χ2v) is 3.77. The Labute approximate surface area is 95.9 Å². The maximum absolute atomic E-state index is 10.5. The summed E-state index contributed by atoms with van der Waals surface area (Å²) in [5.74, 6) is 0.870. The van der Waals surface area contributed by atoms with E-state index in [1.54, 1.807) is 12.3 Å². The Balaban J connectivity index is 2.39. The van der Waals surface area contributed by atoms with Crippen molar-refractivity contribution in [3.63, 3.8) is 0 Å². The lowest BCUT2D eigenvalue weighted by Crippen LogP contribution is -2.19. The molecular weight excluding hydrogens is 204 g/mol. The zero-order valence-corrected chi connectivity index (χ0v) is 9.59. The van der Waals surface area contributed by atoms with Gasteiger partial charge in [0.25, 0.3) is 0 Å². The van der Waals surface area contributed by atoms with Crippen LogP contribution in [-0.4, -0.2) is 36.6 Å². The fourth-order valence-electron chi connectivity index (χ4n) is 1.45. The number of carbonyl (C=O) groups is 1. The zero-order valence-electron chi connectivity index (χ0n) is 9.59. The molecule has 0 unspecified atom stereocenters. The molecule has 0 aliphatic heterocycles. The molecule has 0 bridgehead atoms. The molecule has 1 N–H and O–H groups in total. The molecule has 0 radical (unpaired) electrons. The van der Waals surface area contributed by atoms with Crippen molar-refractivity contribution >= 4 is 12.1 Å². The molecule has 1 heterocycles. The summed E-state index contributed by atoms with van der Waals surface area (Å²) in [5, 5.41) is 8.65. The van der Waals surface area contributed by atoms with Gasteiger partial charge in [0, 0.05) is 32.0 Å². The van der Waals surface area contributed by atoms with Gasteiger partial charge in [-0.05, 0) is 31.4 Å². The van der Waals surface area contributed by atoms with Crippen LogP contribution in [0.25, 0.3) is 0 Å². The topological polar surface area (TPSA) is 53.4 Å². The van der Waals surface area contributed by atoms with Crippen molar-refractivity contribution in [2.45, 2.75) is 19.3 Å². The van der Waals surface area contributed by atoms with Gasteiger partial charge in [-0.15, -0.1) is 0 Å². The zero-order chi connectivity index (χ0) is 11.8. The largest absolute Gasteiger partial charge is 0.396 e. The number of carbonyl (C=O) groups excluding carboxylic acids is 1. The number of aldehydes is 1. The number of nitrogens with zero attached hydrogens (tertiary/aromatic N) is 2. The van der Waals surface area contributed by atoms with Crippen LogP contribution in [-0.2, 0) is 0 Å². The molecule has 0 aliphatic rings. The van der Waals surface area contributed by atoms with Crippen LogP contribution in [0.3, 0.4) is 0 Å². The highest BCUT2D eigenvalue weighted by atomic mass is 16.2. The highest BCUT2D eigenvalue weighted by Gasteiger charge is 2.01. The van der Waals surface area contributed by atoms with Crippen molar-refractivity contribution < 1.29 is 9.90 Å². The Hall–Kier alpha value is -1.42. The standard InChI is InChI=1S/C12H18N2O2/c1-14(7-3-2-4-8-15)12-6-5-11(10-16)9-13-12/h5-6,9-10,15H,2-4,7-8H2,1H3. The lowest BCUT2D eigenvalue weighted by Gasteiger charge is -2.17. The van der Waals surface area contributed by atoms with E-state index in [1.165, 1.54) is 0 Å². The SMILES string of the molecule is CN(CCCCCO)c1ccc(C=O)cn1. The van der Waals surface area contributed by atoms with Crippen LogP contribution in [0.5, 0.6) is 0 Å². The minimum absolute atomic E-state index is 0.260. The number of anilines is 1. The molecule has 0 saturated carbocycles. The van der Waals surface area contributed by atoms with Gasteiger partial charge in [0.1, 0.15) is 5.82 Å². The number of aromatic nitrogens is 1. The normalized spacial score (nSPS) is 10.1. The molecule has 0 aliphatic carbocycles. The van der Waals surface area contributed by atoms with Gasteiger partial charge >= 0.3 is 0 Å². The van der Waals surface area contributed by atoms with Gasteiger partial charge in [-0.3, -0.25) is 4.79 Å². The molecule has 1 rings (SSSR count). The van der Waals surface area contributed by atoms with Gasteiger partial charge in [-0.2, -0.15) is 0 Å². The van der Waals surface area contributed by atoms with Crippen LogP contribution in [0.2, 0.25) is 0 Å². The first-order valence-corrected chi connectivity index (χ1v) is 5.51. The third-order valence-electron chi connectivity index (χ3n) is 2.45. The van der Waals surface area contributed by atoms with Gasteiger partial charge < -0.3 is 10.0 Å². The summed E-state index contributed by atoms with van der Waals surface area (Å²) < 4.78 is 0. The van der Waals surface area contributed by atoms with E-state index in [-0.39, 0.29) is 6.61 Å². The summed E-state index contributed by atoms with van der Waals surface area (Å²) in [6.07, 6.45) is 5.28. The first-order valence-electron chi connectivity index (χ1n) is 5.51. The summed E-state index contributed by atoms with van der Waals surface area (Å²) in [6.45, 7) is 1.17. The molecule has 1 aromatic rings. The average Bonchev–Trinajstić information content (AvgIpc) is 2.34. The Morgan fingerprint density at radius 2 is 2.19 bits per heavy atom. The molecular formula is C12H18N2O2. The third-order valence-corrected chi connectivity index (χ3v) is 2.45. The van der Waals surface area contributed by atoms with Crippen LogP contribution in [0.15, 0.2) is 18.3 Å². The fraction of sp³-hybridized carbons (Fsp3) is 0.500. The minimum atomic E-state index is 0.260. The summed E-state index contributed by atoms with van der Waals surface area (Å²) >= 11 is 0. The lowest BCUT2D eigenvalue weighted by atomic mass is 10.2. The number of rotatable bonds is 7. The van der Waals surface area contributed by atoms with Crippen molar-refractivity contribution in [2.75, 3.05) is 25.1 Å². The first kappa shape index (κ1) is 12.6. The van der Waals surface area contributed by atoms with Crippen LogP contribution >= 0.6 is 0 Å². The quantitative estimate of drug-likeness (QED) is 0.561. The van der Waals surface area contributed by atoms with E-state index in [0.29, 0.717) is 5.56 Å². The summed E-state index contributed by atoms with van der Waals surface area (Å²) in [5.41, 5.74) is 0.595. The van der Waals surface area contributed by atoms with E-state index in [1.807, 2.05) is 18.0 Å². The van der Waals surface area contributed by atoms with Gasteiger partial charge in [0.2, 0.25) is 0 Å². The van der Waals surface area contributed by atoms with Crippen molar-refractivity contribution in [1.29, 1.82) is 0 Å². The van der Waals surface area contributed by atoms with Crippen LogP contribution in [0.4, 0.5) is 5.82 Å². The van der Waals surface area contributed by atoms with E-state index < -0.39 is 0 Å². The second kappa shape index (κ2) is 6.95. The summed E-state index contributed by atoms with van der Waals surface area (Å²) in [6, 6.07) is 3.61. The van der Waals surface area contributed by atoms with Crippen LogP contribution in [0, 0.1) is 0 Å². The fourth-order valence-corrected chi connectivity index (χ4v) is 1.45. The number of hydrogen-bond acceptors (Lipinski definition) is 4. The predicted octanol–water partition coefficient (Wildman–Crippen LogP) is 1.49. The number of aliphatic hydroxyl groups excluding tert-OH is 1. The van der Waals surface area contributed by atoms with E-state index in [2.05, 4.69) is 4.98 Å². The van der Waals surface area contributed by atoms with E-state index >= 15 is 0 Å². The van der Waals surface area contributed by atoms with Gasteiger partial charge in [-0.1, -0.05) is 0 Å². The smallest absolute Gasteiger partial charge is 0.151 e. The Kier molecular flexibility index (Phi) is 5.50. The number of hydrogen-bond donors (Lipinski definition) is 1. The molecule has 0 atom stereocenters. The third kappa shape index (κ3) is 3.98. The maximum atomic E-state index is 10.5. The molecule has 4 nitrogen and oxygen atoms in total. The minimum Gasteiger partial charge on any atom is -0.396 e. The molecule has 0 saturated heterocycles. The van der Waals surface area contributed by atoms with Crippen LogP contribution in [0.1, 0.15) is 29.6 Å². The average molecular weight is 222 g/mol. The molecule has 0 amide bonds. The highest BCUT2D eigenvalue weighted by molar-refractivity contribution is 5.74. The van der Waals surface area contributed by atoms with Gasteiger partial charge in [0.05, 0.1) is 0 Å². The summed E-state index contributed by atoms with van der Waals surface area (Å²) in [4.78, 5) is 16.7. The molecule has 1 aromatic heterocycles. The number of pyridine rings is 1. The second-order valence-electron chi connectivity index (χ2n) is 3.77. The molecule has 16 heavy (non-hydrogen) atoms.